The van der Waals surface area contributed by atoms with Gasteiger partial charge >= 0.3 is 12.1 Å². The fourth-order valence-corrected chi connectivity index (χ4v) is 4.94. The van der Waals surface area contributed by atoms with Gasteiger partial charge in [-0.2, -0.15) is 18.2 Å². The van der Waals surface area contributed by atoms with E-state index in [0.717, 1.165) is 49.9 Å². The number of hydrogen-bond donors (Lipinski definition) is 1. The van der Waals surface area contributed by atoms with Gasteiger partial charge < -0.3 is 19.3 Å². The highest BCUT2D eigenvalue weighted by molar-refractivity contribution is 6.31. The molecule has 11 heteroatoms. The molecule has 4 heterocycles. The van der Waals surface area contributed by atoms with Gasteiger partial charge in [0.2, 0.25) is 5.82 Å². The molecule has 1 aromatic carbocycles. The lowest BCUT2D eigenvalue weighted by atomic mass is 9.96. The maximum atomic E-state index is 12.7. The first-order chi connectivity index (χ1) is 17.2. The van der Waals surface area contributed by atoms with E-state index in [4.69, 9.17) is 11.6 Å². The van der Waals surface area contributed by atoms with Crippen molar-refractivity contribution in [2.24, 2.45) is 13.0 Å². The van der Waals surface area contributed by atoms with Crippen LogP contribution in [0, 0.1) is 12.8 Å². The van der Waals surface area contributed by atoms with Gasteiger partial charge in [0.05, 0.1) is 0 Å². The molecule has 3 aromatic heterocycles. The second kappa shape index (κ2) is 9.74. The highest BCUT2D eigenvalue weighted by atomic mass is 35.5. The molecular weight excluding hydrogens is 493 g/mol. The summed E-state index contributed by atoms with van der Waals surface area (Å²) in [5.41, 5.74) is 4.07. The van der Waals surface area contributed by atoms with Crippen LogP contribution in [0.5, 0.6) is 0 Å². The maximum Gasteiger partial charge on any atom is 0.471 e. The molecule has 0 unspecified atom stereocenters. The number of aryl methyl sites for hydroxylation is 1. The number of benzene rings is 1. The molecule has 0 saturated carbocycles. The van der Waals surface area contributed by atoms with Crippen molar-refractivity contribution >= 4 is 28.3 Å². The molecule has 5 rings (SSSR count). The van der Waals surface area contributed by atoms with E-state index in [1.165, 1.54) is 28.4 Å². The average molecular weight is 519 g/mol. The number of pyridine rings is 1. The zero-order valence-corrected chi connectivity index (χ0v) is 20.7. The summed E-state index contributed by atoms with van der Waals surface area (Å²) < 4.78 is 44.6. The van der Waals surface area contributed by atoms with Crippen LogP contribution in [0.1, 0.15) is 30.0 Å². The Kier molecular flexibility index (Phi) is 6.65. The van der Waals surface area contributed by atoms with Crippen molar-refractivity contribution in [2.45, 2.75) is 32.5 Å². The molecule has 0 aliphatic carbocycles. The van der Waals surface area contributed by atoms with Gasteiger partial charge in [0.25, 0.3) is 0 Å². The fraction of sp³-hybridized carbons (Fsp3) is 0.400. The van der Waals surface area contributed by atoms with Crippen LogP contribution in [0.3, 0.4) is 0 Å². The third-order valence-corrected chi connectivity index (χ3v) is 7.17. The SMILES string of the molecule is Cc1c(CNCC2CCN(c3ccc(-c4noc(C(F)(F)F)n4)cn3)CC2)c2cc(Cl)ccc2n1C. The Morgan fingerprint density at radius 1 is 1.17 bits per heavy atom. The Labute approximate surface area is 211 Å². The molecule has 1 N–H and O–H groups in total. The number of fused-ring (bicyclic) bond motifs is 1. The predicted molar refractivity (Wildman–Crippen MR) is 132 cm³/mol. The van der Waals surface area contributed by atoms with Crippen molar-refractivity contribution < 1.29 is 17.7 Å². The third-order valence-electron chi connectivity index (χ3n) is 6.93. The van der Waals surface area contributed by atoms with Crippen LogP contribution >= 0.6 is 11.6 Å². The molecule has 0 amide bonds. The second-order valence-electron chi connectivity index (χ2n) is 9.17. The lowest BCUT2D eigenvalue weighted by Crippen LogP contribution is -2.37. The Bertz CT molecular complexity index is 1360. The summed E-state index contributed by atoms with van der Waals surface area (Å²) in [5.74, 6) is -0.154. The molecule has 36 heavy (non-hydrogen) atoms. The molecule has 1 saturated heterocycles. The highest BCUT2D eigenvalue weighted by Gasteiger charge is 2.38. The van der Waals surface area contributed by atoms with Gasteiger partial charge in [0, 0.05) is 60.1 Å². The minimum absolute atomic E-state index is 0.130. The van der Waals surface area contributed by atoms with Gasteiger partial charge in [-0.1, -0.05) is 16.8 Å². The van der Waals surface area contributed by atoms with Gasteiger partial charge in [0.1, 0.15) is 5.82 Å². The number of hydrogen-bond acceptors (Lipinski definition) is 6. The lowest BCUT2D eigenvalue weighted by Gasteiger charge is -2.33. The molecule has 1 aliphatic heterocycles. The summed E-state index contributed by atoms with van der Waals surface area (Å²) in [4.78, 5) is 10.0. The third kappa shape index (κ3) is 4.92. The van der Waals surface area contributed by atoms with Gasteiger partial charge in [0.15, 0.2) is 0 Å². The van der Waals surface area contributed by atoms with Gasteiger partial charge in [-0.15, -0.1) is 0 Å². The fourth-order valence-electron chi connectivity index (χ4n) is 4.77. The lowest BCUT2D eigenvalue weighted by molar-refractivity contribution is -0.159. The molecule has 0 bridgehead atoms. The first-order valence-corrected chi connectivity index (χ1v) is 12.1. The van der Waals surface area contributed by atoms with Crippen molar-refractivity contribution in [3.63, 3.8) is 0 Å². The van der Waals surface area contributed by atoms with E-state index in [-0.39, 0.29) is 5.82 Å². The van der Waals surface area contributed by atoms with Crippen LogP contribution in [-0.2, 0) is 19.8 Å². The number of anilines is 1. The van der Waals surface area contributed by atoms with Crippen LogP contribution in [0.15, 0.2) is 41.1 Å². The van der Waals surface area contributed by atoms with Gasteiger partial charge in [-0.3, -0.25) is 0 Å². The van der Waals surface area contributed by atoms with Gasteiger partial charge in [-0.25, -0.2) is 4.98 Å². The first-order valence-electron chi connectivity index (χ1n) is 11.8. The van der Waals surface area contributed by atoms with Gasteiger partial charge in [-0.05, 0) is 68.1 Å². The Balaban J connectivity index is 1.14. The molecule has 0 radical (unpaired) electrons. The molecule has 1 fully saturated rings. The second-order valence-corrected chi connectivity index (χ2v) is 9.61. The predicted octanol–water partition coefficient (Wildman–Crippen LogP) is 5.61. The van der Waals surface area contributed by atoms with Crippen LogP contribution in [-0.4, -0.2) is 39.3 Å². The van der Waals surface area contributed by atoms with Crippen molar-refractivity contribution in [1.29, 1.82) is 0 Å². The van der Waals surface area contributed by atoms with E-state index >= 15 is 0 Å². The number of aromatic nitrogens is 4. The van der Waals surface area contributed by atoms with Crippen molar-refractivity contribution in [3.05, 3.63) is 58.7 Å². The number of halogens is 4. The summed E-state index contributed by atoms with van der Waals surface area (Å²) >= 11 is 6.24. The number of nitrogens with zero attached hydrogens (tertiary/aromatic N) is 5. The van der Waals surface area contributed by atoms with E-state index in [1.54, 1.807) is 12.1 Å². The summed E-state index contributed by atoms with van der Waals surface area (Å²) in [5, 5.41) is 8.98. The van der Waals surface area contributed by atoms with Crippen LogP contribution in [0.2, 0.25) is 5.02 Å². The number of alkyl halides is 3. The standard InChI is InChI=1S/C25H26ClF3N6O/c1-15-20(19-11-18(26)4-5-21(19)34(15)2)14-30-12-16-7-9-35(10-8-16)22-6-3-17(13-31-22)23-32-24(36-33-23)25(27,28)29/h3-6,11,13,16,30H,7-10,12,14H2,1-2H3. The first kappa shape index (κ1) is 24.6. The zero-order chi connectivity index (χ0) is 25.4. The van der Waals surface area contributed by atoms with Crippen molar-refractivity contribution in [1.82, 2.24) is 25.0 Å². The maximum absolute atomic E-state index is 12.7. The van der Waals surface area contributed by atoms with Crippen LogP contribution in [0.4, 0.5) is 19.0 Å². The summed E-state index contributed by atoms with van der Waals surface area (Å²) in [6.45, 7) is 5.58. The topological polar surface area (TPSA) is 72.0 Å². The molecule has 190 valence electrons. The molecule has 7 nitrogen and oxygen atoms in total. The number of nitrogens with one attached hydrogen (secondary N) is 1. The van der Waals surface area contributed by atoms with Crippen LogP contribution < -0.4 is 10.2 Å². The number of rotatable bonds is 6. The Hall–Kier alpha value is -3.11. The molecule has 4 aromatic rings. The molecule has 0 atom stereocenters. The van der Waals surface area contributed by atoms with E-state index in [1.807, 2.05) is 12.1 Å². The zero-order valence-electron chi connectivity index (χ0n) is 19.9. The largest absolute Gasteiger partial charge is 0.471 e. The van der Waals surface area contributed by atoms with Crippen molar-refractivity contribution in [3.8, 4) is 11.4 Å². The van der Waals surface area contributed by atoms with E-state index in [0.29, 0.717) is 11.5 Å². The quantitative estimate of drug-likeness (QED) is 0.358. The Morgan fingerprint density at radius 2 is 1.94 bits per heavy atom. The van der Waals surface area contributed by atoms with E-state index < -0.39 is 12.1 Å². The van der Waals surface area contributed by atoms with E-state index in [9.17, 15) is 13.2 Å². The van der Waals surface area contributed by atoms with Crippen LogP contribution in [0.25, 0.3) is 22.3 Å². The average Bonchev–Trinajstić information content (AvgIpc) is 3.45. The van der Waals surface area contributed by atoms with Crippen molar-refractivity contribution in [2.75, 3.05) is 24.5 Å². The Morgan fingerprint density at radius 3 is 2.61 bits per heavy atom. The molecule has 0 spiro atoms. The molecular formula is C25H26ClF3N6O. The normalized spacial score (nSPS) is 15.2. The monoisotopic (exact) mass is 518 g/mol. The summed E-state index contributed by atoms with van der Waals surface area (Å²) in [7, 11) is 2.08. The van der Waals surface area contributed by atoms with E-state index in [2.05, 4.69) is 54.5 Å². The summed E-state index contributed by atoms with van der Waals surface area (Å²) in [6, 6.07) is 9.47. The highest BCUT2D eigenvalue weighted by Crippen LogP contribution is 2.30. The minimum atomic E-state index is -4.67. The summed E-state index contributed by atoms with van der Waals surface area (Å²) in [6.07, 6.45) is -1.14. The molecule has 1 aliphatic rings. The number of piperidine rings is 1. The smallest absolute Gasteiger partial charge is 0.357 e. The minimum Gasteiger partial charge on any atom is -0.357 e.